The number of benzene rings is 1. The van der Waals surface area contributed by atoms with Crippen molar-refractivity contribution in [2.24, 2.45) is 5.73 Å². The average molecular weight is 263 g/mol. The van der Waals surface area contributed by atoms with E-state index in [0.29, 0.717) is 11.3 Å². The fourth-order valence-electron chi connectivity index (χ4n) is 1.77. The Balaban J connectivity index is 2.32. The van der Waals surface area contributed by atoms with Crippen LogP contribution in [0.15, 0.2) is 30.6 Å². The van der Waals surface area contributed by atoms with Gasteiger partial charge in [0, 0.05) is 17.6 Å². The van der Waals surface area contributed by atoms with Crippen LogP contribution in [0.2, 0.25) is 0 Å². The molecule has 1 aromatic heterocycles. The molecule has 4 nitrogen and oxygen atoms in total. The van der Waals surface area contributed by atoms with Gasteiger partial charge in [0.1, 0.15) is 0 Å². The first-order valence-electron chi connectivity index (χ1n) is 6.25. The van der Waals surface area contributed by atoms with E-state index >= 15 is 0 Å². The lowest BCUT2D eigenvalue weighted by Gasteiger charge is -2.13. The van der Waals surface area contributed by atoms with Crippen molar-refractivity contribution in [2.45, 2.75) is 32.9 Å². The summed E-state index contributed by atoms with van der Waals surface area (Å²) in [5.74, 6) is 0.244. The highest BCUT2D eigenvalue weighted by Crippen LogP contribution is 2.31. The Labute approximate surface area is 112 Å². The predicted molar refractivity (Wildman–Crippen MR) is 71.7 cm³/mol. The van der Waals surface area contributed by atoms with E-state index in [1.807, 2.05) is 13.8 Å². The van der Waals surface area contributed by atoms with Gasteiger partial charge >= 0.3 is 0 Å². The molecule has 1 heterocycles. The molecule has 0 saturated carbocycles. The summed E-state index contributed by atoms with van der Waals surface area (Å²) in [5.41, 5.74) is 6.46. The standard InChI is InChI=1S/C14H18FN3O/c1-9(2)18-8-11(7-17-18)19-14-12(10(3)16)5-4-6-13(14)15/h4-10H,16H2,1-3H3. The summed E-state index contributed by atoms with van der Waals surface area (Å²) in [4.78, 5) is 0. The molecule has 0 radical (unpaired) electrons. The lowest BCUT2D eigenvalue weighted by atomic mass is 10.1. The van der Waals surface area contributed by atoms with E-state index in [1.54, 1.807) is 36.1 Å². The third-order valence-corrected chi connectivity index (χ3v) is 2.81. The van der Waals surface area contributed by atoms with Crippen LogP contribution < -0.4 is 10.5 Å². The molecule has 0 fully saturated rings. The lowest BCUT2D eigenvalue weighted by molar-refractivity contribution is 0.430. The zero-order valence-corrected chi connectivity index (χ0v) is 11.3. The molecule has 0 aliphatic carbocycles. The van der Waals surface area contributed by atoms with Crippen LogP contribution in [0, 0.1) is 5.82 Å². The lowest BCUT2D eigenvalue weighted by Crippen LogP contribution is -2.07. The molecule has 19 heavy (non-hydrogen) atoms. The molecule has 0 bridgehead atoms. The van der Waals surface area contributed by atoms with Gasteiger partial charge in [0.05, 0.1) is 12.4 Å². The van der Waals surface area contributed by atoms with E-state index < -0.39 is 5.82 Å². The summed E-state index contributed by atoms with van der Waals surface area (Å²) < 4.78 is 21.2. The maximum Gasteiger partial charge on any atom is 0.167 e. The number of nitrogens with zero attached hydrogens (tertiary/aromatic N) is 2. The molecule has 102 valence electrons. The number of halogens is 1. The number of hydrogen-bond acceptors (Lipinski definition) is 3. The fraction of sp³-hybridized carbons (Fsp3) is 0.357. The van der Waals surface area contributed by atoms with Crippen molar-refractivity contribution >= 4 is 0 Å². The smallest absolute Gasteiger partial charge is 0.167 e. The first-order chi connectivity index (χ1) is 8.99. The normalized spacial score (nSPS) is 12.7. The van der Waals surface area contributed by atoms with Crippen LogP contribution in [0.1, 0.15) is 38.4 Å². The molecule has 0 amide bonds. The molecular weight excluding hydrogens is 245 g/mol. The first-order valence-corrected chi connectivity index (χ1v) is 6.25. The van der Waals surface area contributed by atoms with Crippen LogP contribution in [0.5, 0.6) is 11.5 Å². The Bertz CT molecular complexity index is 564. The number of aromatic nitrogens is 2. The summed E-state index contributed by atoms with van der Waals surface area (Å²) in [6, 6.07) is 4.67. The second-order valence-corrected chi connectivity index (χ2v) is 4.80. The van der Waals surface area contributed by atoms with Crippen molar-refractivity contribution < 1.29 is 9.13 Å². The Hall–Kier alpha value is -1.88. The van der Waals surface area contributed by atoms with Gasteiger partial charge in [-0.05, 0) is 26.8 Å². The Morgan fingerprint density at radius 2 is 2.05 bits per heavy atom. The molecule has 0 aliphatic heterocycles. The highest BCUT2D eigenvalue weighted by molar-refractivity contribution is 5.39. The Morgan fingerprint density at radius 3 is 2.63 bits per heavy atom. The molecule has 1 atom stereocenters. The van der Waals surface area contributed by atoms with Crippen molar-refractivity contribution in [1.82, 2.24) is 9.78 Å². The highest BCUT2D eigenvalue weighted by atomic mass is 19.1. The number of nitrogens with two attached hydrogens (primary N) is 1. The number of ether oxygens (including phenoxy) is 1. The predicted octanol–water partition coefficient (Wildman–Crippen LogP) is 3.42. The van der Waals surface area contributed by atoms with Crippen molar-refractivity contribution in [3.05, 3.63) is 42.0 Å². The van der Waals surface area contributed by atoms with Gasteiger partial charge in [-0.3, -0.25) is 4.68 Å². The minimum absolute atomic E-state index is 0.167. The van der Waals surface area contributed by atoms with E-state index in [2.05, 4.69) is 5.10 Å². The molecule has 0 saturated heterocycles. The molecule has 2 N–H and O–H groups in total. The van der Waals surface area contributed by atoms with Crippen molar-refractivity contribution in [3.63, 3.8) is 0 Å². The van der Waals surface area contributed by atoms with Crippen LogP contribution in [0.3, 0.4) is 0 Å². The van der Waals surface area contributed by atoms with Crippen LogP contribution in [-0.4, -0.2) is 9.78 Å². The van der Waals surface area contributed by atoms with Crippen molar-refractivity contribution in [2.75, 3.05) is 0 Å². The zero-order chi connectivity index (χ0) is 14.0. The van der Waals surface area contributed by atoms with Gasteiger partial charge in [-0.15, -0.1) is 0 Å². The number of hydrogen-bond donors (Lipinski definition) is 1. The number of para-hydroxylation sites is 1. The summed E-state index contributed by atoms with van der Waals surface area (Å²) in [5, 5.41) is 4.15. The first kappa shape index (κ1) is 13.5. The van der Waals surface area contributed by atoms with Crippen LogP contribution in [0.4, 0.5) is 4.39 Å². The van der Waals surface area contributed by atoms with Crippen molar-refractivity contribution in [3.8, 4) is 11.5 Å². The average Bonchev–Trinajstić information content (AvgIpc) is 2.80. The largest absolute Gasteiger partial charge is 0.451 e. The molecule has 2 aromatic rings. The highest BCUT2D eigenvalue weighted by Gasteiger charge is 2.15. The molecule has 1 aromatic carbocycles. The zero-order valence-electron chi connectivity index (χ0n) is 11.3. The second-order valence-electron chi connectivity index (χ2n) is 4.80. The maximum absolute atomic E-state index is 13.9. The van der Waals surface area contributed by atoms with Crippen LogP contribution in [0.25, 0.3) is 0 Å². The number of rotatable bonds is 4. The van der Waals surface area contributed by atoms with E-state index in [9.17, 15) is 4.39 Å². The van der Waals surface area contributed by atoms with Gasteiger partial charge in [-0.2, -0.15) is 5.10 Å². The minimum Gasteiger partial charge on any atom is -0.451 e. The second kappa shape index (κ2) is 5.40. The maximum atomic E-state index is 13.9. The Morgan fingerprint density at radius 1 is 1.32 bits per heavy atom. The molecular formula is C14H18FN3O. The summed E-state index contributed by atoms with van der Waals surface area (Å²) in [7, 11) is 0. The van der Waals surface area contributed by atoms with Crippen molar-refractivity contribution in [1.29, 1.82) is 0 Å². The third-order valence-electron chi connectivity index (χ3n) is 2.81. The third kappa shape index (κ3) is 2.93. The quantitative estimate of drug-likeness (QED) is 0.919. The van der Waals surface area contributed by atoms with Gasteiger partial charge < -0.3 is 10.5 Å². The van der Waals surface area contributed by atoms with E-state index in [1.165, 1.54) is 6.07 Å². The minimum atomic E-state index is -0.424. The van der Waals surface area contributed by atoms with Gasteiger partial charge in [0.2, 0.25) is 0 Å². The van der Waals surface area contributed by atoms with Crippen LogP contribution in [-0.2, 0) is 0 Å². The molecule has 5 heteroatoms. The molecule has 1 unspecified atom stereocenters. The van der Waals surface area contributed by atoms with E-state index in [0.717, 1.165) is 0 Å². The summed E-state index contributed by atoms with van der Waals surface area (Å²) >= 11 is 0. The van der Waals surface area contributed by atoms with Gasteiger partial charge in [-0.25, -0.2) is 4.39 Å². The fourth-order valence-corrected chi connectivity index (χ4v) is 1.77. The SMILES string of the molecule is CC(N)c1cccc(F)c1Oc1cnn(C(C)C)c1. The molecule has 0 spiro atoms. The van der Waals surface area contributed by atoms with Crippen LogP contribution >= 0.6 is 0 Å². The van der Waals surface area contributed by atoms with Gasteiger partial charge in [0.15, 0.2) is 17.3 Å². The molecule has 2 rings (SSSR count). The summed E-state index contributed by atoms with van der Waals surface area (Å²) in [6.45, 7) is 5.81. The van der Waals surface area contributed by atoms with Gasteiger partial charge in [0.25, 0.3) is 0 Å². The topological polar surface area (TPSA) is 53.1 Å². The van der Waals surface area contributed by atoms with E-state index in [-0.39, 0.29) is 17.8 Å². The Kier molecular flexibility index (Phi) is 3.85. The molecule has 0 aliphatic rings. The summed E-state index contributed by atoms with van der Waals surface area (Å²) in [6.07, 6.45) is 3.31. The van der Waals surface area contributed by atoms with E-state index in [4.69, 9.17) is 10.5 Å². The van der Waals surface area contributed by atoms with Gasteiger partial charge in [-0.1, -0.05) is 12.1 Å². The monoisotopic (exact) mass is 263 g/mol.